The maximum atomic E-state index is 13.1. The van der Waals surface area contributed by atoms with Gasteiger partial charge in [-0.05, 0) is 37.5 Å². The van der Waals surface area contributed by atoms with Crippen LogP contribution in [0.1, 0.15) is 408 Å². The molecule has 0 saturated carbocycles. The standard InChI is InChI=1S/C78H152O17P2/c1-7-9-11-13-15-17-19-20-21-24-32-38-44-50-56-62-77(82)94-73(66-88-75(80)60-54-48-42-36-28-18-16-14-12-10-8-2)68-92-96(84,85)90-64-72(79)65-91-97(86,87)93-69-74(67-89-76(81)61-55-49-43-37-31-27-26-30-35-41-47-53-59-71(5)6)95-78(83)63-57-51-45-39-33-25-22-23-29-34-40-46-52-58-70(3)4/h70-74,79H,7-69H2,1-6H3,(H,84,85)(H,86,87)/t72-,73+,74+/m0/s1. The van der Waals surface area contributed by atoms with Crippen molar-refractivity contribution in [2.45, 2.75) is 426 Å². The molecule has 0 aromatic carbocycles. The topological polar surface area (TPSA) is 237 Å². The second-order valence-corrected chi connectivity index (χ2v) is 32.0. The Kier molecular flexibility index (Phi) is 68.4. The zero-order chi connectivity index (χ0) is 71.4. The van der Waals surface area contributed by atoms with Gasteiger partial charge in [-0.2, -0.15) is 0 Å². The summed E-state index contributed by atoms with van der Waals surface area (Å²) in [6, 6.07) is 0. The smallest absolute Gasteiger partial charge is 0.462 e. The number of phosphoric ester groups is 2. The Morgan fingerprint density at radius 2 is 0.474 bits per heavy atom. The number of unbranched alkanes of at least 4 members (excludes halogenated alkanes) is 47. The fraction of sp³-hybridized carbons (Fsp3) is 0.949. The molecule has 97 heavy (non-hydrogen) atoms. The molecule has 0 heterocycles. The van der Waals surface area contributed by atoms with Crippen molar-refractivity contribution < 1.29 is 80.2 Å². The average molecular weight is 1420 g/mol. The fourth-order valence-electron chi connectivity index (χ4n) is 12.0. The van der Waals surface area contributed by atoms with Crippen LogP contribution in [0.4, 0.5) is 0 Å². The number of carbonyl (C=O) groups is 4. The van der Waals surface area contributed by atoms with Gasteiger partial charge in [0.1, 0.15) is 19.3 Å². The van der Waals surface area contributed by atoms with Crippen LogP contribution in [0.2, 0.25) is 0 Å². The Hall–Kier alpha value is -1.94. The van der Waals surface area contributed by atoms with E-state index in [0.29, 0.717) is 25.7 Å². The Morgan fingerprint density at radius 3 is 0.701 bits per heavy atom. The number of aliphatic hydroxyl groups is 1. The van der Waals surface area contributed by atoms with Crippen molar-refractivity contribution in [1.82, 2.24) is 0 Å². The normalized spacial score (nSPS) is 14.0. The Morgan fingerprint density at radius 1 is 0.278 bits per heavy atom. The van der Waals surface area contributed by atoms with E-state index in [4.69, 9.17) is 37.0 Å². The minimum Gasteiger partial charge on any atom is -0.462 e. The summed E-state index contributed by atoms with van der Waals surface area (Å²) in [6.45, 7) is 9.65. The van der Waals surface area contributed by atoms with Crippen LogP contribution in [-0.2, 0) is 65.4 Å². The van der Waals surface area contributed by atoms with Crippen molar-refractivity contribution in [3.8, 4) is 0 Å². The third-order valence-corrected chi connectivity index (χ3v) is 20.1. The quantitative estimate of drug-likeness (QED) is 0.0222. The summed E-state index contributed by atoms with van der Waals surface area (Å²) in [7, 11) is -9.91. The molecule has 0 aromatic heterocycles. The highest BCUT2D eigenvalue weighted by Gasteiger charge is 2.30. The molecule has 0 rings (SSSR count). The molecule has 0 radical (unpaired) electrons. The Bertz CT molecular complexity index is 1870. The third-order valence-electron chi connectivity index (χ3n) is 18.2. The Balaban J connectivity index is 5.26. The maximum Gasteiger partial charge on any atom is 0.472 e. The molecular formula is C78H152O17P2. The van der Waals surface area contributed by atoms with Crippen LogP contribution >= 0.6 is 15.6 Å². The van der Waals surface area contributed by atoms with Crippen LogP contribution < -0.4 is 0 Å². The van der Waals surface area contributed by atoms with E-state index in [2.05, 4.69) is 41.5 Å². The molecule has 0 fully saturated rings. The molecule has 2 unspecified atom stereocenters. The fourth-order valence-corrected chi connectivity index (χ4v) is 13.6. The third kappa shape index (κ3) is 72.2. The summed E-state index contributed by atoms with van der Waals surface area (Å²) in [5.41, 5.74) is 0. The number of phosphoric acid groups is 2. The molecule has 3 N–H and O–H groups in total. The van der Waals surface area contributed by atoms with E-state index >= 15 is 0 Å². The highest BCUT2D eigenvalue weighted by Crippen LogP contribution is 2.45. The van der Waals surface area contributed by atoms with Gasteiger partial charge in [-0.25, -0.2) is 9.13 Å². The monoisotopic (exact) mass is 1420 g/mol. The lowest BCUT2D eigenvalue weighted by atomic mass is 10.0. The Labute approximate surface area is 594 Å². The van der Waals surface area contributed by atoms with Gasteiger partial charge >= 0.3 is 39.5 Å². The number of carbonyl (C=O) groups excluding carboxylic acids is 4. The summed E-state index contributed by atoms with van der Waals surface area (Å²) in [5, 5.41) is 10.6. The summed E-state index contributed by atoms with van der Waals surface area (Å²) in [4.78, 5) is 72.9. The first-order valence-corrected chi connectivity index (χ1v) is 43.5. The van der Waals surface area contributed by atoms with Gasteiger partial charge in [-0.1, -0.05) is 356 Å². The van der Waals surface area contributed by atoms with Gasteiger partial charge in [0.05, 0.1) is 26.4 Å². The molecule has 0 bridgehead atoms. The zero-order valence-electron chi connectivity index (χ0n) is 63.4. The number of hydrogen-bond donors (Lipinski definition) is 3. The second-order valence-electron chi connectivity index (χ2n) is 29.1. The van der Waals surface area contributed by atoms with Crippen molar-refractivity contribution in [2.24, 2.45) is 11.8 Å². The van der Waals surface area contributed by atoms with Crippen molar-refractivity contribution in [1.29, 1.82) is 0 Å². The first-order valence-electron chi connectivity index (χ1n) is 40.5. The number of aliphatic hydroxyl groups excluding tert-OH is 1. The van der Waals surface area contributed by atoms with Gasteiger partial charge in [-0.3, -0.25) is 37.3 Å². The molecular weight excluding hydrogens is 1270 g/mol. The van der Waals surface area contributed by atoms with E-state index in [0.717, 1.165) is 102 Å². The predicted molar refractivity (Wildman–Crippen MR) is 395 cm³/mol. The molecule has 0 aromatic rings. The van der Waals surface area contributed by atoms with Crippen molar-refractivity contribution in [2.75, 3.05) is 39.6 Å². The lowest BCUT2D eigenvalue weighted by Gasteiger charge is -2.21. The first kappa shape index (κ1) is 95.1. The minimum atomic E-state index is -4.96. The van der Waals surface area contributed by atoms with E-state index in [9.17, 15) is 43.2 Å². The second kappa shape index (κ2) is 69.8. The van der Waals surface area contributed by atoms with E-state index in [-0.39, 0.29) is 25.7 Å². The zero-order valence-corrected chi connectivity index (χ0v) is 65.2. The highest BCUT2D eigenvalue weighted by atomic mass is 31.2. The summed E-state index contributed by atoms with van der Waals surface area (Å²) >= 11 is 0. The average Bonchev–Trinajstić information content (AvgIpc) is 1.01. The highest BCUT2D eigenvalue weighted by molar-refractivity contribution is 7.47. The number of rotatable bonds is 77. The molecule has 19 heteroatoms. The summed E-state index contributed by atoms with van der Waals surface area (Å²) in [5.74, 6) is -0.542. The van der Waals surface area contributed by atoms with Gasteiger partial charge in [-0.15, -0.1) is 0 Å². The van der Waals surface area contributed by atoms with Crippen LogP contribution in [-0.4, -0.2) is 96.7 Å². The molecule has 0 aliphatic carbocycles. The molecule has 17 nitrogen and oxygen atoms in total. The molecule has 0 aliphatic heterocycles. The van der Waals surface area contributed by atoms with Gasteiger partial charge in [0, 0.05) is 25.7 Å². The van der Waals surface area contributed by atoms with E-state index in [1.807, 2.05) is 0 Å². The van der Waals surface area contributed by atoms with Gasteiger partial charge in [0.2, 0.25) is 0 Å². The molecule has 0 aliphatic rings. The summed E-state index contributed by atoms with van der Waals surface area (Å²) < 4.78 is 68.6. The largest absolute Gasteiger partial charge is 0.472 e. The van der Waals surface area contributed by atoms with Gasteiger partial charge in [0.25, 0.3) is 0 Å². The van der Waals surface area contributed by atoms with E-state index in [1.54, 1.807) is 0 Å². The minimum absolute atomic E-state index is 0.107. The lowest BCUT2D eigenvalue weighted by molar-refractivity contribution is -0.161. The first-order chi connectivity index (χ1) is 46.9. The SMILES string of the molecule is CCCCCCCCCCCCCCCCCC(=O)O[C@H](COC(=O)CCCCCCCCCCCCC)COP(=O)(O)OC[C@H](O)COP(=O)(O)OC[C@@H](COC(=O)CCCCCCCCCCCCCCC(C)C)OC(=O)CCCCCCCCCCCCCCCC(C)C. The predicted octanol–water partition coefficient (Wildman–Crippen LogP) is 23.1. The molecule has 0 amide bonds. The molecule has 0 saturated heterocycles. The number of hydrogen-bond acceptors (Lipinski definition) is 15. The maximum absolute atomic E-state index is 13.1. The van der Waals surface area contributed by atoms with Crippen LogP contribution in [0.15, 0.2) is 0 Å². The van der Waals surface area contributed by atoms with Crippen LogP contribution in [0.25, 0.3) is 0 Å². The number of ether oxygens (including phenoxy) is 4. The van der Waals surface area contributed by atoms with Crippen molar-refractivity contribution >= 4 is 39.5 Å². The van der Waals surface area contributed by atoms with E-state index < -0.39 is 97.5 Å². The van der Waals surface area contributed by atoms with Crippen molar-refractivity contribution in [3.63, 3.8) is 0 Å². The van der Waals surface area contributed by atoms with Crippen LogP contribution in [0.3, 0.4) is 0 Å². The molecule has 5 atom stereocenters. The van der Waals surface area contributed by atoms with Gasteiger partial charge < -0.3 is 33.8 Å². The van der Waals surface area contributed by atoms with Gasteiger partial charge in [0.15, 0.2) is 12.2 Å². The van der Waals surface area contributed by atoms with E-state index in [1.165, 1.54) is 225 Å². The molecule has 576 valence electrons. The number of esters is 4. The van der Waals surface area contributed by atoms with Crippen LogP contribution in [0, 0.1) is 11.8 Å². The summed E-state index contributed by atoms with van der Waals surface area (Å²) in [6.07, 6.45) is 58.1. The lowest BCUT2D eigenvalue weighted by Crippen LogP contribution is -2.30. The molecule has 0 spiro atoms. The van der Waals surface area contributed by atoms with Crippen molar-refractivity contribution in [3.05, 3.63) is 0 Å². The van der Waals surface area contributed by atoms with Crippen LogP contribution in [0.5, 0.6) is 0 Å².